The minimum absolute atomic E-state index is 0.0485. The van der Waals surface area contributed by atoms with Crippen molar-refractivity contribution in [2.75, 3.05) is 27.4 Å². The SMILES string of the molecule is COc1ccc(-n2cc(O)c(C(=O)N[C@@H]3COC[C@H]3OC)n2)cc1. The van der Waals surface area contributed by atoms with Gasteiger partial charge in [-0.2, -0.15) is 5.10 Å². The highest BCUT2D eigenvalue weighted by Crippen LogP contribution is 2.20. The first-order valence-corrected chi connectivity index (χ1v) is 7.47. The standard InChI is InChI=1S/C16H19N3O5/c1-22-11-5-3-10(4-6-11)19-7-13(20)15(18-19)16(21)17-12-8-24-9-14(12)23-2/h3-7,12,14,20H,8-9H2,1-2H3,(H,17,21)/t12-,14-/m1/s1. The van der Waals surface area contributed by atoms with Crippen molar-refractivity contribution in [2.45, 2.75) is 12.1 Å². The molecule has 0 saturated carbocycles. The van der Waals surface area contributed by atoms with Gasteiger partial charge < -0.3 is 24.6 Å². The number of nitrogens with one attached hydrogen (secondary N) is 1. The number of nitrogens with zero attached hydrogens (tertiary/aromatic N) is 2. The Hall–Kier alpha value is -2.58. The lowest BCUT2D eigenvalue weighted by atomic mass is 10.2. The highest BCUT2D eigenvalue weighted by Gasteiger charge is 2.31. The maximum Gasteiger partial charge on any atom is 0.276 e. The quantitative estimate of drug-likeness (QED) is 0.838. The molecule has 1 saturated heterocycles. The normalized spacial score (nSPS) is 20.1. The van der Waals surface area contributed by atoms with Crippen LogP contribution in [0, 0.1) is 0 Å². The Bertz CT molecular complexity index is 713. The second kappa shape index (κ2) is 6.90. The average Bonchev–Trinajstić information content (AvgIpc) is 3.21. The van der Waals surface area contributed by atoms with Gasteiger partial charge in [-0.25, -0.2) is 4.68 Å². The molecule has 1 aliphatic heterocycles. The molecule has 1 aromatic heterocycles. The van der Waals surface area contributed by atoms with E-state index in [9.17, 15) is 9.90 Å². The summed E-state index contributed by atoms with van der Waals surface area (Å²) >= 11 is 0. The maximum atomic E-state index is 12.4. The predicted molar refractivity (Wildman–Crippen MR) is 84.7 cm³/mol. The largest absolute Gasteiger partial charge is 0.504 e. The molecule has 1 aliphatic rings. The lowest BCUT2D eigenvalue weighted by Gasteiger charge is -2.16. The molecule has 2 heterocycles. The van der Waals surface area contributed by atoms with Crippen LogP contribution in [0.5, 0.6) is 11.5 Å². The van der Waals surface area contributed by atoms with Crippen LogP contribution in [0.1, 0.15) is 10.5 Å². The van der Waals surface area contributed by atoms with E-state index in [1.54, 1.807) is 38.5 Å². The van der Waals surface area contributed by atoms with Gasteiger partial charge in [0.25, 0.3) is 5.91 Å². The topological polar surface area (TPSA) is 94.8 Å². The van der Waals surface area contributed by atoms with E-state index in [-0.39, 0.29) is 23.6 Å². The van der Waals surface area contributed by atoms with Crippen LogP contribution in [0.15, 0.2) is 30.5 Å². The first kappa shape index (κ1) is 16.3. The van der Waals surface area contributed by atoms with Crippen LogP contribution in [0.4, 0.5) is 0 Å². The third-order valence-electron chi connectivity index (χ3n) is 3.89. The van der Waals surface area contributed by atoms with Crippen molar-refractivity contribution in [2.24, 2.45) is 0 Å². The molecule has 3 rings (SSSR count). The van der Waals surface area contributed by atoms with Crippen molar-refractivity contribution in [1.82, 2.24) is 15.1 Å². The van der Waals surface area contributed by atoms with Crippen molar-refractivity contribution in [1.29, 1.82) is 0 Å². The number of hydrogen-bond donors (Lipinski definition) is 2. The van der Waals surface area contributed by atoms with Crippen molar-refractivity contribution in [3.05, 3.63) is 36.2 Å². The lowest BCUT2D eigenvalue weighted by Crippen LogP contribution is -2.43. The molecule has 8 nitrogen and oxygen atoms in total. The number of aromatic hydroxyl groups is 1. The average molecular weight is 333 g/mol. The van der Waals surface area contributed by atoms with Crippen LogP contribution in [-0.2, 0) is 9.47 Å². The second-order valence-corrected chi connectivity index (χ2v) is 5.40. The van der Waals surface area contributed by atoms with E-state index in [0.29, 0.717) is 24.7 Å². The number of methoxy groups -OCH3 is 2. The summed E-state index contributed by atoms with van der Waals surface area (Å²) in [6.07, 6.45) is 1.18. The summed E-state index contributed by atoms with van der Waals surface area (Å²) < 4.78 is 17.1. The fourth-order valence-corrected chi connectivity index (χ4v) is 2.53. The summed E-state index contributed by atoms with van der Waals surface area (Å²) in [4.78, 5) is 12.4. The van der Waals surface area contributed by atoms with Gasteiger partial charge in [0, 0.05) is 7.11 Å². The second-order valence-electron chi connectivity index (χ2n) is 5.40. The Morgan fingerprint density at radius 3 is 2.75 bits per heavy atom. The van der Waals surface area contributed by atoms with Gasteiger partial charge in [0.05, 0.1) is 38.2 Å². The van der Waals surface area contributed by atoms with Crippen molar-refractivity contribution < 1.29 is 24.1 Å². The van der Waals surface area contributed by atoms with Crippen LogP contribution < -0.4 is 10.1 Å². The Labute approximate surface area is 138 Å². The van der Waals surface area contributed by atoms with Crippen molar-refractivity contribution in [3.63, 3.8) is 0 Å². The molecule has 2 aromatic rings. The Balaban J connectivity index is 1.76. The molecule has 2 N–H and O–H groups in total. The number of hydrogen-bond acceptors (Lipinski definition) is 6. The summed E-state index contributed by atoms with van der Waals surface area (Å²) in [5, 5.41) is 17.0. The molecule has 0 bridgehead atoms. The Morgan fingerprint density at radius 1 is 1.33 bits per heavy atom. The summed E-state index contributed by atoms with van der Waals surface area (Å²) in [5.41, 5.74) is 0.650. The van der Waals surface area contributed by atoms with Crippen molar-refractivity contribution >= 4 is 5.91 Å². The van der Waals surface area contributed by atoms with Gasteiger partial charge in [0.2, 0.25) is 0 Å². The van der Waals surface area contributed by atoms with E-state index in [1.807, 2.05) is 0 Å². The summed E-state index contributed by atoms with van der Waals surface area (Å²) in [6.45, 7) is 0.790. The predicted octanol–water partition coefficient (Wildman–Crippen LogP) is 0.730. The third kappa shape index (κ3) is 3.19. The molecule has 24 heavy (non-hydrogen) atoms. The van der Waals surface area contributed by atoms with E-state index in [0.717, 1.165) is 0 Å². The van der Waals surface area contributed by atoms with Crippen LogP contribution in [0.25, 0.3) is 5.69 Å². The van der Waals surface area contributed by atoms with E-state index >= 15 is 0 Å². The minimum atomic E-state index is -0.475. The van der Waals surface area contributed by atoms with Gasteiger partial charge in [-0.15, -0.1) is 0 Å². The molecule has 1 fully saturated rings. The van der Waals surface area contributed by atoms with Crippen molar-refractivity contribution in [3.8, 4) is 17.2 Å². The lowest BCUT2D eigenvalue weighted by molar-refractivity contribution is 0.0683. The van der Waals surface area contributed by atoms with E-state index in [2.05, 4.69) is 10.4 Å². The molecule has 1 aromatic carbocycles. The minimum Gasteiger partial charge on any atom is -0.504 e. The zero-order chi connectivity index (χ0) is 17.1. The zero-order valence-corrected chi connectivity index (χ0v) is 13.4. The van der Waals surface area contributed by atoms with Crippen LogP contribution in [0.3, 0.4) is 0 Å². The molecule has 0 radical (unpaired) electrons. The number of ether oxygens (including phenoxy) is 3. The number of aromatic nitrogens is 2. The fourth-order valence-electron chi connectivity index (χ4n) is 2.53. The van der Waals surface area contributed by atoms with E-state index in [1.165, 1.54) is 10.9 Å². The summed E-state index contributed by atoms with van der Waals surface area (Å²) in [6, 6.07) is 6.82. The summed E-state index contributed by atoms with van der Waals surface area (Å²) in [5.74, 6) is 0.0356. The van der Waals surface area contributed by atoms with Gasteiger partial charge >= 0.3 is 0 Å². The zero-order valence-electron chi connectivity index (χ0n) is 13.4. The van der Waals surface area contributed by atoms with Gasteiger partial charge in [-0.3, -0.25) is 4.79 Å². The molecule has 2 atom stereocenters. The number of benzene rings is 1. The first-order valence-electron chi connectivity index (χ1n) is 7.47. The molecule has 0 unspecified atom stereocenters. The van der Waals surface area contributed by atoms with Gasteiger partial charge in [0.1, 0.15) is 11.9 Å². The molecule has 8 heteroatoms. The monoisotopic (exact) mass is 333 g/mol. The molecule has 128 valence electrons. The van der Waals surface area contributed by atoms with Gasteiger partial charge in [0.15, 0.2) is 11.4 Å². The molecule has 1 amide bonds. The number of carbonyl (C=O) groups excluding carboxylic acids is 1. The van der Waals surface area contributed by atoms with Gasteiger partial charge in [-0.05, 0) is 24.3 Å². The molecular weight excluding hydrogens is 314 g/mol. The summed E-state index contributed by atoms with van der Waals surface area (Å²) in [7, 11) is 3.14. The van der Waals surface area contributed by atoms with E-state index < -0.39 is 5.91 Å². The number of carbonyl (C=O) groups is 1. The highest BCUT2D eigenvalue weighted by atomic mass is 16.5. The van der Waals surface area contributed by atoms with Crippen LogP contribution in [-0.4, -0.2) is 60.4 Å². The molecular formula is C16H19N3O5. The molecule has 0 aliphatic carbocycles. The first-order chi connectivity index (χ1) is 11.6. The smallest absolute Gasteiger partial charge is 0.276 e. The highest BCUT2D eigenvalue weighted by molar-refractivity contribution is 5.95. The third-order valence-corrected chi connectivity index (χ3v) is 3.89. The number of amides is 1. The maximum absolute atomic E-state index is 12.4. The van der Waals surface area contributed by atoms with Gasteiger partial charge in [-0.1, -0.05) is 0 Å². The number of rotatable bonds is 5. The van der Waals surface area contributed by atoms with Crippen LogP contribution >= 0.6 is 0 Å². The fraction of sp³-hybridized carbons (Fsp3) is 0.375. The Kier molecular flexibility index (Phi) is 4.68. The Morgan fingerprint density at radius 2 is 2.08 bits per heavy atom. The molecule has 0 spiro atoms. The van der Waals surface area contributed by atoms with E-state index in [4.69, 9.17) is 14.2 Å². The van der Waals surface area contributed by atoms with Crippen LogP contribution in [0.2, 0.25) is 0 Å².